The fourth-order valence-electron chi connectivity index (χ4n) is 4.42. The Kier molecular flexibility index (Phi) is 3.70. The number of rotatable bonds is 2. The molecule has 1 saturated heterocycles. The normalized spacial score (nSPS) is 29.1. The molecule has 2 heterocycles. The van der Waals surface area contributed by atoms with Gasteiger partial charge < -0.3 is 10.0 Å². The first-order valence-electron chi connectivity index (χ1n) is 8.46. The molecule has 0 unspecified atom stereocenters. The highest BCUT2D eigenvalue weighted by Gasteiger charge is 2.50. The molecule has 24 heavy (non-hydrogen) atoms. The van der Waals surface area contributed by atoms with Crippen LogP contribution in [0.4, 0.5) is 5.82 Å². The highest BCUT2D eigenvalue weighted by Crippen LogP contribution is 2.48. The highest BCUT2D eigenvalue weighted by molar-refractivity contribution is 5.51. The molecule has 1 N–H and O–H groups in total. The number of benzene rings is 1. The molecule has 0 bridgehead atoms. The van der Waals surface area contributed by atoms with Gasteiger partial charge in [-0.2, -0.15) is 5.26 Å². The molecule has 122 valence electrons. The van der Waals surface area contributed by atoms with Crippen molar-refractivity contribution in [2.45, 2.75) is 24.9 Å². The molecule has 2 aromatic rings. The van der Waals surface area contributed by atoms with Gasteiger partial charge in [0.05, 0.1) is 5.60 Å². The summed E-state index contributed by atoms with van der Waals surface area (Å²) in [7, 11) is 0. The van der Waals surface area contributed by atoms with Gasteiger partial charge in [0.25, 0.3) is 0 Å². The molecular formula is C19H20N4O. The summed E-state index contributed by atoms with van der Waals surface area (Å²) in [5.41, 5.74) is 0.564. The van der Waals surface area contributed by atoms with E-state index in [4.69, 9.17) is 0 Å². The zero-order valence-corrected chi connectivity index (χ0v) is 13.5. The summed E-state index contributed by atoms with van der Waals surface area (Å²) in [6.45, 7) is 1.54. The van der Waals surface area contributed by atoms with Crippen LogP contribution in [-0.4, -0.2) is 28.2 Å². The van der Waals surface area contributed by atoms with Crippen molar-refractivity contribution >= 4 is 5.82 Å². The molecular weight excluding hydrogens is 300 g/mol. The van der Waals surface area contributed by atoms with E-state index >= 15 is 0 Å². The predicted octanol–water partition coefficient (Wildman–Crippen LogP) is 2.47. The van der Waals surface area contributed by atoms with Gasteiger partial charge in [-0.3, -0.25) is 0 Å². The van der Waals surface area contributed by atoms with Crippen molar-refractivity contribution in [1.82, 2.24) is 9.97 Å². The Bertz CT molecular complexity index is 772. The molecule has 1 aromatic carbocycles. The van der Waals surface area contributed by atoms with E-state index in [1.165, 1.54) is 0 Å². The van der Waals surface area contributed by atoms with Crippen molar-refractivity contribution in [2.75, 3.05) is 18.0 Å². The van der Waals surface area contributed by atoms with E-state index < -0.39 is 5.60 Å². The van der Waals surface area contributed by atoms with Gasteiger partial charge in [0.15, 0.2) is 11.5 Å². The van der Waals surface area contributed by atoms with E-state index in [2.05, 4.69) is 20.9 Å². The lowest BCUT2D eigenvalue weighted by atomic mass is 9.67. The molecule has 4 rings (SSSR count). The number of hydrogen-bond donors (Lipinski definition) is 1. The number of nitrogens with zero attached hydrogens (tertiary/aromatic N) is 4. The van der Waals surface area contributed by atoms with Gasteiger partial charge in [0, 0.05) is 31.4 Å². The molecule has 1 aliphatic heterocycles. The van der Waals surface area contributed by atoms with E-state index in [1.54, 1.807) is 12.4 Å². The highest BCUT2D eigenvalue weighted by atomic mass is 16.3. The molecule has 0 amide bonds. The molecule has 5 heteroatoms. The third-order valence-electron chi connectivity index (χ3n) is 5.55. The van der Waals surface area contributed by atoms with Crippen molar-refractivity contribution < 1.29 is 5.11 Å². The molecule has 0 radical (unpaired) electrons. The van der Waals surface area contributed by atoms with Crippen molar-refractivity contribution in [3.8, 4) is 6.07 Å². The lowest BCUT2D eigenvalue weighted by Gasteiger charge is -2.41. The second-order valence-corrected chi connectivity index (χ2v) is 6.79. The minimum Gasteiger partial charge on any atom is -0.385 e. The van der Waals surface area contributed by atoms with Crippen LogP contribution in [0.5, 0.6) is 0 Å². The average molecular weight is 320 g/mol. The number of aromatic nitrogens is 2. The third kappa shape index (κ3) is 2.35. The summed E-state index contributed by atoms with van der Waals surface area (Å²) in [5.74, 6) is 1.21. The number of fused-ring (bicyclic) bond motifs is 1. The Balaban J connectivity index is 1.67. The molecule has 1 aliphatic carbocycles. The topological polar surface area (TPSA) is 73.0 Å². The van der Waals surface area contributed by atoms with Gasteiger partial charge in [0.1, 0.15) is 6.07 Å². The van der Waals surface area contributed by atoms with Crippen LogP contribution < -0.4 is 4.90 Å². The minimum absolute atomic E-state index is 0.155. The molecule has 1 aromatic heterocycles. The number of aliphatic hydroxyl groups is 1. The number of nitriles is 1. The monoisotopic (exact) mass is 320 g/mol. The maximum Gasteiger partial charge on any atom is 0.183 e. The van der Waals surface area contributed by atoms with E-state index in [0.717, 1.165) is 31.4 Å². The van der Waals surface area contributed by atoms with Crippen molar-refractivity contribution in [3.05, 3.63) is 54.0 Å². The summed E-state index contributed by atoms with van der Waals surface area (Å²) >= 11 is 0. The van der Waals surface area contributed by atoms with E-state index in [1.807, 2.05) is 30.3 Å². The van der Waals surface area contributed by atoms with Crippen LogP contribution >= 0.6 is 0 Å². The minimum atomic E-state index is -0.798. The van der Waals surface area contributed by atoms with E-state index in [9.17, 15) is 10.4 Å². The zero-order chi connectivity index (χ0) is 16.6. The van der Waals surface area contributed by atoms with Crippen molar-refractivity contribution in [3.63, 3.8) is 0 Å². The van der Waals surface area contributed by atoms with Crippen LogP contribution in [0.15, 0.2) is 42.7 Å². The van der Waals surface area contributed by atoms with Crippen LogP contribution in [0.3, 0.4) is 0 Å². The van der Waals surface area contributed by atoms with Crippen LogP contribution in [0.25, 0.3) is 0 Å². The average Bonchev–Trinajstić information content (AvgIpc) is 3.08. The second kappa shape index (κ2) is 5.88. The van der Waals surface area contributed by atoms with Crippen molar-refractivity contribution in [2.24, 2.45) is 11.8 Å². The fourth-order valence-corrected chi connectivity index (χ4v) is 4.42. The Morgan fingerprint density at radius 1 is 1.17 bits per heavy atom. The first-order valence-corrected chi connectivity index (χ1v) is 8.46. The molecule has 5 nitrogen and oxygen atoms in total. The lowest BCUT2D eigenvalue weighted by Crippen LogP contribution is -2.42. The summed E-state index contributed by atoms with van der Waals surface area (Å²) < 4.78 is 0. The van der Waals surface area contributed by atoms with E-state index in [-0.39, 0.29) is 5.92 Å². The number of anilines is 1. The maximum absolute atomic E-state index is 11.5. The van der Waals surface area contributed by atoms with Crippen LogP contribution in [-0.2, 0) is 5.60 Å². The smallest absolute Gasteiger partial charge is 0.183 e. The zero-order valence-electron chi connectivity index (χ0n) is 13.5. The fraction of sp³-hybridized carbons (Fsp3) is 0.421. The van der Waals surface area contributed by atoms with Gasteiger partial charge in [-0.25, -0.2) is 9.97 Å². The summed E-state index contributed by atoms with van der Waals surface area (Å²) in [6, 6.07) is 12.1. The quantitative estimate of drug-likeness (QED) is 0.920. The van der Waals surface area contributed by atoms with Crippen LogP contribution in [0.1, 0.15) is 30.5 Å². The van der Waals surface area contributed by atoms with E-state index in [0.29, 0.717) is 24.0 Å². The van der Waals surface area contributed by atoms with Gasteiger partial charge in [-0.1, -0.05) is 30.3 Å². The Morgan fingerprint density at radius 2 is 1.96 bits per heavy atom. The lowest BCUT2D eigenvalue weighted by molar-refractivity contribution is -0.0631. The summed E-state index contributed by atoms with van der Waals surface area (Å²) in [5, 5.41) is 20.8. The molecule has 3 atom stereocenters. The standard InChI is InChI=1S/C19H20N4O/c20-11-17-18(22-10-9-21-17)23-12-14-5-4-8-19(24,16(14)13-23)15-6-2-1-3-7-15/h1-3,6-7,9-10,14,16,24H,4-5,8,12-13H2/t14-,16+,19+/m0/s1. The first kappa shape index (κ1) is 15.1. The first-order chi connectivity index (χ1) is 11.7. The molecule has 2 fully saturated rings. The predicted molar refractivity (Wildman–Crippen MR) is 90.1 cm³/mol. The van der Waals surface area contributed by atoms with Gasteiger partial charge >= 0.3 is 0 Å². The Labute approximate surface area is 141 Å². The second-order valence-electron chi connectivity index (χ2n) is 6.79. The molecule has 2 aliphatic rings. The molecule has 1 saturated carbocycles. The largest absolute Gasteiger partial charge is 0.385 e. The maximum atomic E-state index is 11.5. The van der Waals surface area contributed by atoms with Gasteiger partial charge in [-0.05, 0) is 30.7 Å². The van der Waals surface area contributed by atoms with Gasteiger partial charge in [0.2, 0.25) is 0 Å². The number of hydrogen-bond acceptors (Lipinski definition) is 5. The summed E-state index contributed by atoms with van der Waals surface area (Å²) in [4.78, 5) is 10.6. The summed E-state index contributed by atoms with van der Waals surface area (Å²) in [6.07, 6.45) is 6.09. The van der Waals surface area contributed by atoms with Crippen LogP contribution in [0.2, 0.25) is 0 Å². The van der Waals surface area contributed by atoms with Crippen molar-refractivity contribution in [1.29, 1.82) is 5.26 Å². The molecule has 0 spiro atoms. The Hall–Kier alpha value is -2.45. The third-order valence-corrected chi connectivity index (χ3v) is 5.55. The van der Waals surface area contributed by atoms with Crippen LogP contribution in [0, 0.1) is 23.2 Å². The van der Waals surface area contributed by atoms with Gasteiger partial charge in [-0.15, -0.1) is 0 Å². The SMILES string of the molecule is N#Cc1nccnc1N1C[C@@H]2CCC[C@@](O)(c3ccccc3)[C@@H]2C1. The Morgan fingerprint density at radius 3 is 2.75 bits per heavy atom.